The van der Waals surface area contributed by atoms with Crippen molar-refractivity contribution in [2.75, 3.05) is 18.5 Å². The highest BCUT2D eigenvalue weighted by molar-refractivity contribution is 5.89. The summed E-state index contributed by atoms with van der Waals surface area (Å²) in [4.78, 5) is 16.0. The number of carbonyl (C=O) groups excluding carboxylic acids is 1. The molecule has 2 aromatic rings. The normalized spacial score (nSPS) is 16.4. The summed E-state index contributed by atoms with van der Waals surface area (Å²) in [7, 11) is 0. The molecule has 2 N–H and O–H groups in total. The van der Waals surface area contributed by atoms with Crippen LogP contribution in [0.4, 0.5) is 10.5 Å². The lowest BCUT2D eigenvalue weighted by atomic mass is 10.2. The number of rotatable bonds is 7. The van der Waals surface area contributed by atoms with Gasteiger partial charge in [0.2, 0.25) is 0 Å². The van der Waals surface area contributed by atoms with Crippen LogP contribution in [0.2, 0.25) is 0 Å². The molecule has 1 aromatic heterocycles. The van der Waals surface area contributed by atoms with Crippen molar-refractivity contribution in [3.8, 4) is 5.75 Å². The van der Waals surface area contributed by atoms with Crippen LogP contribution in [0.25, 0.3) is 0 Å². The molecule has 0 spiro atoms. The van der Waals surface area contributed by atoms with Crippen molar-refractivity contribution >= 4 is 11.7 Å². The number of benzene rings is 1. The van der Waals surface area contributed by atoms with Crippen molar-refractivity contribution in [3.05, 3.63) is 54.4 Å². The van der Waals surface area contributed by atoms with Crippen molar-refractivity contribution in [1.82, 2.24) is 10.3 Å². The van der Waals surface area contributed by atoms with Crippen LogP contribution in [0.5, 0.6) is 5.75 Å². The molecule has 0 unspecified atom stereocenters. The summed E-state index contributed by atoms with van der Waals surface area (Å²) in [6, 6.07) is 10.9. The Morgan fingerprint density at radius 2 is 2.28 bits per heavy atom. The molecule has 1 aliphatic heterocycles. The third-order valence-electron chi connectivity index (χ3n) is 4.00. The van der Waals surface area contributed by atoms with Crippen molar-refractivity contribution in [1.29, 1.82) is 0 Å². The van der Waals surface area contributed by atoms with Crippen LogP contribution >= 0.6 is 0 Å². The number of hydrogen-bond donors (Lipinski definition) is 2. The fourth-order valence-electron chi connectivity index (χ4n) is 2.71. The Morgan fingerprint density at radius 3 is 3.08 bits per heavy atom. The maximum absolute atomic E-state index is 12.0. The number of nitrogens with one attached hydrogen (secondary N) is 2. The Morgan fingerprint density at radius 1 is 1.32 bits per heavy atom. The first-order chi connectivity index (χ1) is 12.3. The van der Waals surface area contributed by atoms with Crippen LogP contribution in [-0.4, -0.2) is 30.3 Å². The number of aromatic nitrogens is 1. The Kier molecular flexibility index (Phi) is 6.23. The lowest BCUT2D eigenvalue weighted by Gasteiger charge is -2.12. The van der Waals surface area contributed by atoms with Crippen LogP contribution in [-0.2, 0) is 11.3 Å². The van der Waals surface area contributed by atoms with Gasteiger partial charge in [-0.2, -0.15) is 0 Å². The van der Waals surface area contributed by atoms with Gasteiger partial charge in [0.25, 0.3) is 0 Å². The standard InChI is InChI=1S/C19H23N3O3/c23-19(21-10-8-17-7-3-11-24-17)22-16-5-1-6-18(12-16)25-14-15-4-2-9-20-13-15/h1-2,4-6,9,12-13,17H,3,7-8,10-11,14H2,(H2,21,22,23)/t17-/m0/s1. The van der Waals surface area contributed by atoms with Gasteiger partial charge in [0.15, 0.2) is 0 Å². The molecule has 1 fully saturated rings. The van der Waals surface area contributed by atoms with Crippen molar-refractivity contribution in [2.24, 2.45) is 0 Å². The zero-order valence-corrected chi connectivity index (χ0v) is 14.1. The summed E-state index contributed by atoms with van der Waals surface area (Å²) in [5.41, 5.74) is 1.69. The minimum absolute atomic E-state index is 0.220. The van der Waals surface area contributed by atoms with Crippen LogP contribution in [0.1, 0.15) is 24.8 Å². The molecular formula is C19H23N3O3. The van der Waals surface area contributed by atoms with Gasteiger partial charge in [-0.3, -0.25) is 4.98 Å². The fraction of sp³-hybridized carbons (Fsp3) is 0.368. The lowest BCUT2D eigenvalue weighted by Crippen LogP contribution is -2.31. The predicted molar refractivity (Wildman–Crippen MR) is 95.6 cm³/mol. The van der Waals surface area contributed by atoms with Gasteiger partial charge < -0.3 is 20.1 Å². The van der Waals surface area contributed by atoms with Crippen LogP contribution in [0.15, 0.2) is 48.8 Å². The third-order valence-corrected chi connectivity index (χ3v) is 4.00. The number of urea groups is 1. The smallest absolute Gasteiger partial charge is 0.319 e. The molecule has 3 rings (SSSR count). The number of hydrogen-bond acceptors (Lipinski definition) is 4. The number of ether oxygens (including phenoxy) is 2. The maximum atomic E-state index is 12.0. The topological polar surface area (TPSA) is 72.5 Å². The van der Waals surface area contributed by atoms with E-state index in [0.717, 1.165) is 31.4 Å². The molecule has 2 heterocycles. The van der Waals surface area contributed by atoms with Crippen molar-refractivity contribution in [2.45, 2.75) is 32.0 Å². The number of anilines is 1. The molecule has 1 aliphatic rings. The maximum Gasteiger partial charge on any atom is 0.319 e. The molecule has 1 atom stereocenters. The SMILES string of the molecule is O=C(NCC[C@@H]1CCCO1)Nc1cccc(OCc2cccnc2)c1. The summed E-state index contributed by atoms with van der Waals surface area (Å²) in [6.07, 6.45) is 6.82. The monoisotopic (exact) mass is 341 g/mol. The fourth-order valence-corrected chi connectivity index (χ4v) is 2.71. The molecule has 0 aliphatic carbocycles. The molecule has 6 nitrogen and oxygen atoms in total. The highest BCUT2D eigenvalue weighted by Crippen LogP contribution is 2.18. The Labute approximate surface area is 147 Å². The third kappa shape index (κ3) is 5.76. The number of carbonyl (C=O) groups is 1. The highest BCUT2D eigenvalue weighted by Gasteiger charge is 2.15. The first-order valence-electron chi connectivity index (χ1n) is 8.58. The van der Waals surface area contributed by atoms with E-state index < -0.39 is 0 Å². The van der Waals surface area contributed by atoms with E-state index in [4.69, 9.17) is 9.47 Å². The highest BCUT2D eigenvalue weighted by atomic mass is 16.5. The van der Waals surface area contributed by atoms with E-state index in [1.54, 1.807) is 18.5 Å². The molecule has 1 saturated heterocycles. The minimum atomic E-state index is -0.220. The molecule has 1 aromatic carbocycles. The van der Waals surface area contributed by atoms with E-state index in [2.05, 4.69) is 15.6 Å². The summed E-state index contributed by atoms with van der Waals surface area (Å²) >= 11 is 0. The lowest BCUT2D eigenvalue weighted by molar-refractivity contribution is 0.105. The summed E-state index contributed by atoms with van der Waals surface area (Å²) < 4.78 is 11.3. The van der Waals surface area contributed by atoms with Gasteiger partial charge in [0.05, 0.1) is 6.10 Å². The average molecular weight is 341 g/mol. The van der Waals surface area contributed by atoms with Crippen molar-refractivity contribution in [3.63, 3.8) is 0 Å². The largest absolute Gasteiger partial charge is 0.489 e. The summed E-state index contributed by atoms with van der Waals surface area (Å²) in [5, 5.41) is 5.68. The first-order valence-corrected chi connectivity index (χ1v) is 8.58. The molecule has 0 bridgehead atoms. The quantitative estimate of drug-likeness (QED) is 0.810. The Bertz CT molecular complexity index is 673. The summed E-state index contributed by atoms with van der Waals surface area (Å²) in [5.74, 6) is 0.695. The van der Waals surface area contributed by atoms with E-state index in [0.29, 0.717) is 24.6 Å². The van der Waals surface area contributed by atoms with E-state index in [9.17, 15) is 4.79 Å². The second-order valence-electron chi connectivity index (χ2n) is 5.98. The second kappa shape index (κ2) is 9.03. The first kappa shape index (κ1) is 17.2. The summed E-state index contributed by atoms with van der Waals surface area (Å²) in [6.45, 7) is 1.88. The molecule has 25 heavy (non-hydrogen) atoms. The minimum Gasteiger partial charge on any atom is -0.489 e. The van der Waals surface area contributed by atoms with E-state index >= 15 is 0 Å². The van der Waals surface area contributed by atoms with E-state index in [-0.39, 0.29) is 12.1 Å². The van der Waals surface area contributed by atoms with Crippen LogP contribution in [0.3, 0.4) is 0 Å². The van der Waals surface area contributed by atoms with Crippen LogP contribution < -0.4 is 15.4 Å². The molecule has 2 amide bonds. The van der Waals surface area contributed by atoms with Gasteiger partial charge in [-0.1, -0.05) is 12.1 Å². The van der Waals surface area contributed by atoms with Gasteiger partial charge in [0, 0.05) is 42.9 Å². The predicted octanol–water partition coefficient (Wildman–Crippen LogP) is 3.35. The van der Waals surface area contributed by atoms with Gasteiger partial charge in [0.1, 0.15) is 12.4 Å². The molecule has 132 valence electrons. The number of pyridine rings is 1. The van der Waals surface area contributed by atoms with Crippen molar-refractivity contribution < 1.29 is 14.3 Å². The van der Waals surface area contributed by atoms with Gasteiger partial charge >= 0.3 is 6.03 Å². The molecule has 0 radical (unpaired) electrons. The number of nitrogens with zero attached hydrogens (tertiary/aromatic N) is 1. The van der Waals surface area contributed by atoms with E-state index in [1.807, 2.05) is 30.3 Å². The van der Waals surface area contributed by atoms with Gasteiger partial charge in [-0.05, 0) is 37.5 Å². The molecular weight excluding hydrogens is 318 g/mol. The van der Waals surface area contributed by atoms with Gasteiger partial charge in [-0.25, -0.2) is 4.79 Å². The second-order valence-corrected chi connectivity index (χ2v) is 5.98. The van der Waals surface area contributed by atoms with Gasteiger partial charge in [-0.15, -0.1) is 0 Å². The number of amides is 2. The Balaban J connectivity index is 1.43. The molecule has 0 saturated carbocycles. The van der Waals surface area contributed by atoms with Crippen LogP contribution in [0, 0.1) is 0 Å². The Hall–Kier alpha value is -2.60. The molecule has 6 heteroatoms. The zero-order valence-electron chi connectivity index (χ0n) is 14.1. The van der Waals surface area contributed by atoms with E-state index in [1.165, 1.54) is 0 Å². The average Bonchev–Trinajstić information content (AvgIpc) is 3.15. The zero-order chi connectivity index (χ0) is 17.3.